The average Bonchev–Trinajstić information content (AvgIpc) is 2.70. The molecule has 0 spiro atoms. The predicted molar refractivity (Wildman–Crippen MR) is 99.3 cm³/mol. The lowest BCUT2D eigenvalue weighted by molar-refractivity contribution is -0.146. The zero-order chi connectivity index (χ0) is 19.1. The number of oxime groups is 1. The molecule has 0 atom stereocenters. The summed E-state index contributed by atoms with van der Waals surface area (Å²) < 4.78 is 18.5. The molecular weight excluding hydrogens is 371 g/mol. The molecule has 0 radical (unpaired) electrons. The third-order valence-electron chi connectivity index (χ3n) is 3.46. The summed E-state index contributed by atoms with van der Waals surface area (Å²) in [6.45, 7) is -0.325. The molecule has 0 aliphatic carbocycles. The van der Waals surface area contributed by atoms with Crippen LogP contribution in [0.4, 0.5) is 4.39 Å². The van der Waals surface area contributed by atoms with Gasteiger partial charge in [0.25, 0.3) is 0 Å². The maximum atomic E-state index is 13.2. The number of benzene rings is 2. The van der Waals surface area contributed by atoms with Gasteiger partial charge in [-0.05, 0) is 60.7 Å². The molecule has 0 N–H and O–H groups in total. The average molecular weight is 385 g/mol. The second-order valence-electron chi connectivity index (χ2n) is 5.39. The van der Waals surface area contributed by atoms with Crippen molar-refractivity contribution in [3.8, 4) is 5.75 Å². The number of halogens is 2. The summed E-state index contributed by atoms with van der Waals surface area (Å²) in [6, 6.07) is 15.7. The number of carbonyl (C=O) groups excluding carboxylic acids is 1. The van der Waals surface area contributed by atoms with Crippen molar-refractivity contribution in [3.05, 3.63) is 95.0 Å². The number of aromatic nitrogens is 1. The molecule has 0 aliphatic rings. The lowest BCUT2D eigenvalue weighted by atomic mass is 10.0. The third kappa shape index (κ3) is 5.36. The van der Waals surface area contributed by atoms with E-state index in [2.05, 4.69) is 10.1 Å². The minimum atomic E-state index is -0.687. The minimum absolute atomic E-state index is 0.325. The standard InChI is InChI=1S/C20H14ClFN2O3/c21-16-5-9-18(10-6-16)26-13-19(25)27-24-20(15-2-1-11-23-12-15)14-3-7-17(22)8-4-14/h1-12H,13H2/b24-20-. The molecule has 1 heterocycles. The van der Waals surface area contributed by atoms with Crippen LogP contribution >= 0.6 is 11.6 Å². The number of rotatable bonds is 6. The monoisotopic (exact) mass is 384 g/mol. The lowest BCUT2D eigenvalue weighted by Crippen LogP contribution is -2.14. The zero-order valence-electron chi connectivity index (χ0n) is 14.0. The number of carbonyl (C=O) groups is 1. The summed E-state index contributed by atoms with van der Waals surface area (Å²) in [5.74, 6) is -0.586. The highest BCUT2D eigenvalue weighted by atomic mass is 35.5. The van der Waals surface area contributed by atoms with Crippen molar-refractivity contribution in [2.75, 3.05) is 6.61 Å². The Morgan fingerprint density at radius 3 is 2.44 bits per heavy atom. The Labute approximate surface area is 160 Å². The molecule has 0 unspecified atom stereocenters. The Morgan fingerprint density at radius 2 is 1.78 bits per heavy atom. The molecule has 5 nitrogen and oxygen atoms in total. The Morgan fingerprint density at radius 1 is 1.04 bits per heavy atom. The summed E-state index contributed by atoms with van der Waals surface area (Å²) >= 11 is 5.79. The fourth-order valence-corrected chi connectivity index (χ4v) is 2.30. The highest BCUT2D eigenvalue weighted by molar-refractivity contribution is 6.30. The van der Waals surface area contributed by atoms with E-state index < -0.39 is 5.97 Å². The van der Waals surface area contributed by atoms with Crippen LogP contribution in [-0.2, 0) is 9.63 Å². The molecule has 27 heavy (non-hydrogen) atoms. The van der Waals surface area contributed by atoms with Crippen molar-refractivity contribution in [1.82, 2.24) is 4.98 Å². The van der Waals surface area contributed by atoms with Crippen LogP contribution in [0, 0.1) is 5.82 Å². The van der Waals surface area contributed by atoms with Crippen LogP contribution in [0.3, 0.4) is 0 Å². The SMILES string of the molecule is O=C(COc1ccc(Cl)cc1)O/N=C(/c1ccc(F)cc1)c1cccnc1. The van der Waals surface area contributed by atoms with Crippen molar-refractivity contribution < 1.29 is 18.8 Å². The van der Waals surface area contributed by atoms with Gasteiger partial charge < -0.3 is 9.57 Å². The van der Waals surface area contributed by atoms with Crippen molar-refractivity contribution >= 4 is 23.3 Å². The second-order valence-corrected chi connectivity index (χ2v) is 5.83. The molecule has 0 bridgehead atoms. The molecule has 136 valence electrons. The molecule has 0 aliphatic heterocycles. The first-order valence-electron chi connectivity index (χ1n) is 7.94. The van der Waals surface area contributed by atoms with E-state index in [4.69, 9.17) is 21.2 Å². The number of hydrogen-bond acceptors (Lipinski definition) is 5. The van der Waals surface area contributed by atoms with E-state index in [0.717, 1.165) is 0 Å². The fraction of sp³-hybridized carbons (Fsp3) is 0.0500. The molecule has 3 aromatic rings. The highest BCUT2D eigenvalue weighted by Crippen LogP contribution is 2.16. The fourth-order valence-electron chi connectivity index (χ4n) is 2.18. The number of pyridine rings is 1. The van der Waals surface area contributed by atoms with Crippen molar-refractivity contribution in [3.63, 3.8) is 0 Å². The van der Waals surface area contributed by atoms with Gasteiger partial charge in [0.1, 0.15) is 17.3 Å². The topological polar surface area (TPSA) is 60.8 Å². The normalized spacial score (nSPS) is 11.1. The van der Waals surface area contributed by atoms with Crippen LogP contribution in [0.15, 0.2) is 78.2 Å². The molecule has 1 aromatic heterocycles. The number of ether oxygens (including phenoxy) is 1. The van der Waals surface area contributed by atoms with E-state index in [1.165, 1.54) is 12.1 Å². The van der Waals surface area contributed by atoms with E-state index in [-0.39, 0.29) is 12.4 Å². The number of nitrogens with zero attached hydrogens (tertiary/aromatic N) is 2. The largest absolute Gasteiger partial charge is 0.482 e. The Balaban J connectivity index is 1.72. The van der Waals surface area contributed by atoms with Crippen molar-refractivity contribution in [2.24, 2.45) is 5.16 Å². The van der Waals surface area contributed by atoms with Gasteiger partial charge in [0.15, 0.2) is 6.61 Å². The van der Waals surface area contributed by atoms with Gasteiger partial charge in [-0.2, -0.15) is 0 Å². The summed E-state index contributed by atoms with van der Waals surface area (Å²) in [7, 11) is 0. The van der Waals surface area contributed by atoms with Gasteiger partial charge in [-0.25, -0.2) is 9.18 Å². The molecule has 0 saturated carbocycles. The lowest BCUT2D eigenvalue weighted by Gasteiger charge is -2.07. The molecule has 2 aromatic carbocycles. The summed E-state index contributed by atoms with van der Waals surface area (Å²) in [5, 5.41) is 4.49. The first-order valence-corrected chi connectivity index (χ1v) is 8.32. The zero-order valence-corrected chi connectivity index (χ0v) is 14.8. The Hall–Kier alpha value is -3.25. The molecule has 7 heteroatoms. The van der Waals surface area contributed by atoms with Crippen LogP contribution < -0.4 is 4.74 Å². The second kappa shape index (κ2) is 8.91. The van der Waals surface area contributed by atoms with Crippen LogP contribution in [0.5, 0.6) is 5.75 Å². The van der Waals surface area contributed by atoms with Gasteiger partial charge in [-0.15, -0.1) is 0 Å². The van der Waals surface area contributed by atoms with Gasteiger partial charge in [0.05, 0.1) is 0 Å². The summed E-state index contributed by atoms with van der Waals surface area (Å²) in [4.78, 5) is 20.9. The van der Waals surface area contributed by atoms with Gasteiger partial charge in [0.2, 0.25) is 0 Å². The summed E-state index contributed by atoms with van der Waals surface area (Å²) in [6.07, 6.45) is 3.18. The van der Waals surface area contributed by atoms with Crippen molar-refractivity contribution in [2.45, 2.75) is 0 Å². The summed E-state index contributed by atoms with van der Waals surface area (Å²) in [5.41, 5.74) is 1.55. The number of hydrogen-bond donors (Lipinski definition) is 0. The van der Waals surface area contributed by atoms with Crippen LogP contribution in [0.1, 0.15) is 11.1 Å². The van der Waals surface area contributed by atoms with Gasteiger partial charge in [0, 0.05) is 28.5 Å². The van der Waals surface area contributed by atoms with E-state index in [1.54, 1.807) is 60.9 Å². The molecule has 0 saturated heterocycles. The van der Waals surface area contributed by atoms with Gasteiger partial charge in [-0.3, -0.25) is 4.98 Å². The maximum absolute atomic E-state index is 13.2. The molecular formula is C20H14ClFN2O3. The first kappa shape index (κ1) is 18.5. The van der Waals surface area contributed by atoms with E-state index >= 15 is 0 Å². The highest BCUT2D eigenvalue weighted by Gasteiger charge is 2.11. The van der Waals surface area contributed by atoms with E-state index in [9.17, 15) is 9.18 Å². The van der Waals surface area contributed by atoms with E-state index in [0.29, 0.717) is 27.6 Å². The van der Waals surface area contributed by atoms with E-state index in [1.807, 2.05) is 0 Å². The predicted octanol–water partition coefficient (Wildman–Crippen LogP) is 4.25. The molecule has 3 rings (SSSR count). The smallest absolute Gasteiger partial charge is 0.372 e. The third-order valence-corrected chi connectivity index (χ3v) is 3.71. The molecule has 0 fully saturated rings. The Kier molecular flexibility index (Phi) is 6.12. The molecule has 0 amide bonds. The van der Waals surface area contributed by atoms with Gasteiger partial charge >= 0.3 is 5.97 Å². The minimum Gasteiger partial charge on any atom is -0.482 e. The Bertz CT molecular complexity index is 930. The maximum Gasteiger partial charge on any atom is 0.372 e. The van der Waals surface area contributed by atoms with Crippen molar-refractivity contribution in [1.29, 1.82) is 0 Å². The van der Waals surface area contributed by atoms with Crippen LogP contribution in [-0.4, -0.2) is 23.3 Å². The first-order chi connectivity index (χ1) is 13.1. The van der Waals surface area contributed by atoms with Crippen LogP contribution in [0.25, 0.3) is 0 Å². The quantitative estimate of drug-likeness (QED) is 0.362. The van der Waals surface area contributed by atoms with Crippen LogP contribution in [0.2, 0.25) is 5.02 Å². The van der Waals surface area contributed by atoms with Gasteiger partial charge in [-0.1, -0.05) is 16.8 Å².